The van der Waals surface area contributed by atoms with Gasteiger partial charge < -0.3 is 0 Å². The molecule has 0 amide bonds. The van der Waals surface area contributed by atoms with Crippen molar-refractivity contribution in [3.05, 3.63) is 38.3 Å². The first kappa shape index (κ1) is 13.8. The van der Waals surface area contributed by atoms with Gasteiger partial charge in [0.15, 0.2) is 0 Å². The van der Waals surface area contributed by atoms with Crippen molar-refractivity contribution in [2.75, 3.05) is 0 Å². The molecule has 7 heteroatoms. The lowest BCUT2D eigenvalue weighted by molar-refractivity contribution is 0.521. The van der Waals surface area contributed by atoms with Crippen LogP contribution >= 0.6 is 34.5 Å². The van der Waals surface area contributed by atoms with Crippen molar-refractivity contribution in [3.8, 4) is 0 Å². The summed E-state index contributed by atoms with van der Waals surface area (Å²) in [6.45, 7) is 2.95. The second-order valence-electron chi connectivity index (χ2n) is 3.86. The van der Waals surface area contributed by atoms with Crippen LogP contribution in [0.25, 0.3) is 0 Å². The van der Waals surface area contributed by atoms with Gasteiger partial charge in [-0.2, -0.15) is 5.10 Å². The lowest BCUT2D eigenvalue weighted by Gasteiger charge is -2.17. The zero-order valence-electron chi connectivity index (χ0n) is 9.86. The highest BCUT2D eigenvalue weighted by Crippen LogP contribution is 2.37. The normalized spacial score (nSPS) is 12.9. The van der Waals surface area contributed by atoms with Gasteiger partial charge in [-0.25, -0.2) is 5.43 Å². The fraction of sp³-hybridized carbons (Fsp3) is 0.364. The third-order valence-corrected chi connectivity index (χ3v) is 4.16. The summed E-state index contributed by atoms with van der Waals surface area (Å²) in [5.41, 5.74) is 4.64. The number of hydrazine groups is 1. The molecular weight excluding hydrogens is 291 g/mol. The Hall–Kier alpha value is -0.590. The summed E-state index contributed by atoms with van der Waals surface area (Å²) in [6, 6.07) is 3.57. The van der Waals surface area contributed by atoms with Crippen LogP contribution in [0, 0.1) is 0 Å². The SMILES string of the molecule is CCCn1nccc1C(NN)c1cc(Cl)sc1Cl. The van der Waals surface area contributed by atoms with E-state index in [9.17, 15) is 0 Å². The minimum absolute atomic E-state index is 0.199. The average molecular weight is 305 g/mol. The van der Waals surface area contributed by atoms with Crippen LogP contribution in [0.2, 0.25) is 8.67 Å². The van der Waals surface area contributed by atoms with Crippen LogP contribution in [0.5, 0.6) is 0 Å². The lowest BCUT2D eigenvalue weighted by Crippen LogP contribution is -2.30. The topological polar surface area (TPSA) is 55.9 Å². The quantitative estimate of drug-likeness (QED) is 0.659. The van der Waals surface area contributed by atoms with Crippen molar-refractivity contribution in [1.29, 1.82) is 0 Å². The Morgan fingerprint density at radius 3 is 2.89 bits per heavy atom. The molecule has 0 radical (unpaired) electrons. The van der Waals surface area contributed by atoms with E-state index in [2.05, 4.69) is 17.4 Å². The third-order valence-electron chi connectivity index (χ3n) is 2.64. The van der Waals surface area contributed by atoms with E-state index in [1.165, 1.54) is 11.3 Å². The van der Waals surface area contributed by atoms with E-state index in [1.54, 1.807) is 6.20 Å². The Bertz CT molecular complexity index is 523. The number of aryl methyl sites for hydroxylation is 1. The first-order chi connectivity index (χ1) is 8.67. The maximum absolute atomic E-state index is 6.17. The Morgan fingerprint density at radius 1 is 1.56 bits per heavy atom. The van der Waals surface area contributed by atoms with Crippen molar-refractivity contribution in [3.63, 3.8) is 0 Å². The summed E-state index contributed by atoms with van der Waals surface area (Å²) in [7, 11) is 0. The van der Waals surface area contributed by atoms with E-state index in [4.69, 9.17) is 29.0 Å². The number of nitrogens with two attached hydrogens (primary N) is 1. The van der Waals surface area contributed by atoms with E-state index in [0.29, 0.717) is 8.67 Å². The van der Waals surface area contributed by atoms with Crippen LogP contribution in [0.3, 0.4) is 0 Å². The summed E-state index contributed by atoms with van der Waals surface area (Å²) in [5.74, 6) is 5.65. The molecule has 0 saturated carbocycles. The van der Waals surface area contributed by atoms with Gasteiger partial charge in [0.05, 0.1) is 20.4 Å². The summed E-state index contributed by atoms with van der Waals surface area (Å²) >= 11 is 13.5. The second-order valence-corrected chi connectivity index (χ2v) is 6.14. The van der Waals surface area contributed by atoms with Crippen LogP contribution < -0.4 is 11.3 Å². The van der Waals surface area contributed by atoms with Crippen LogP contribution in [-0.4, -0.2) is 9.78 Å². The highest BCUT2D eigenvalue weighted by Gasteiger charge is 2.21. The molecule has 2 aromatic rings. The smallest absolute Gasteiger partial charge is 0.0996 e. The molecular formula is C11H14Cl2N4S. The first-order valence-corrected chi connectivity index (χ1v) is 7.17. The molecule has 18 heavy (non-hydrogen) atoms. The van der Waals surface area contributed by atoms with E-state index in [-0.39, 0.29) is 6.04 Å². The molecule has 2 aromatic heterocycles. The average Bonchev–Trinajstić information content (AvgIpc) is 2.89. The van der Waals surface area contributed by atoms with Crippen molar-refractivity contribution in [1.82, 2.24) is 15.2 Å². The Morgan fingerprint density at radius 2 is 2.33 bits per heavy atom. The van der Waals surface area contributed by atoms with Crippen molar-refractivity contribution in [2.45, 2.75) is 25.9 Å². The predicted molar refractivity (Wildman–Crippen MR) is 76.0 cm³/mol. The number of rotatable bonds is 5. The first-order valence-electron chi connectivity index (χ1n) is 5.60. The lowest BCUT2D eigenvalue weighted by atomic mass is 10.1. The number of halogens is 2. The van der Waals surface area contributed by atoms with Crippen LogP contribution in [0.1, 0.15) is 30.6 Å². The molecule has 4 nitrogen and oxygen atoms in total. The summed E-state index contributed by atoms with van der Waals surface area (Å²) < 4.78 is 3.22. The predicted octanol–water partition coefficient (Wildman–Crippen LogP) is 3.21. The number of hydrogen-bond acceptors (Lipinski definition) is 4. The zero-order chi connectivity index (χ0) is 13.1. The molecule has 1 atom stereocenters. The fourth-order valence-electron chi connectivity index (χ4n) is 1.87. The third kappa shape index (κ3) is 2.70. The van der Waals surface area contributed by atoms with Gasteiger partial charge in [-0.05, 0) is 18.6 Å². The Balaban J connectivity index is 2.39. The van der Waals surface area contributed by atoms with Crippen LogP contribution in [0.15, 0.2) is 18.3 Å². The zero-order valence-corrected chi connectivity index (χ0v) is 12.2. The van der Waals surface area contributed by atoms with Gasteiger partial charge in [0.2, 0.25) is 0 Å². The standard InChI is InChI=1S/C11H14Cl2N4S/c1-2-5-17-8(3-4-15-17)10(16-14)7-6-9(12)18-11(7)13/h3-4,6,10,16H,2,5,14H2,1H3. The van der Waals surface area contributed by atoms with Crippen molar-refractivity contribution >= 4 is 34.5 Å². The van der Waals surface area contributed by atoms with E-state index in [0.717, 1.165) is 24.2 Å². The molecule has 2 rings (SSSR count). The second kappa shape index (κ2) is 6.04. The van der Waals surface area contributed by atoms with Gasteiger partial charge in [0.25, 0.3) is 0 Å². The largest absolute Gasteiger partial charge is 0.271 e. The van der Waals surface area contributed by atoms with Gasteiger partial charge in [0.1, 0.15) is 0 Å². The maximum atomic E-state index is 6.17. The Kier molecular flexibility index (Phi) is 4.64. The molecule has 2 heterocycles. The summed E-state index contributed by atoms with van der Waals surface area (Å²) in [6.07, 6.45) is 2.77. The molecule has 0 spiro atoms. The Labute approximate surface area is 120 Å². The van der Waals surface area contributed by atoms with Crippen molar-refractivity contribution in [2.24, 2.45) is 5.84 Å². The minimum atomic E-state index is -0.199. The van der Waals surface area contributed by atoms with Gasteiger partial charge in [-0.3, -0.25) is 10.5 Å². The highest BCUT2D eigenvalue weighted by atomic mass is 35.5. The molecule has 0 bridgehead atoms. The van der Waals surface area contributed by atoms with Gasteiger partial charge in [0, 0.05) is 18.3 Å². The van der Waals surface area contributed by atoms with E-state index in [1.807, 2.05) is 16.8 Å². The van der Waals surface area contributed by atoms with E-state index >= 15 is 0 Å². The van der Waals surface area contributed by atoms with Gasteiger partial charge in [-0.15, -0.1) is 11.3 Å². The molecule has 1 unspecified atom stereocenters. The number of nitrogens with one attached hydrogen (secondary N) is 1. The van der Waals surface area contributed by atoms with Crippen LogP contribution in [-0.2, 0) is 6.54 Å². The monoisotopic (exact) mass is 304 g/mol. The van der Waals surface area contributed by atoms with Crippen molar-refractivity contribution < 1.29 is 0 Å². The molecule has 0 saturated heterocycles. The summed E-state index contributed by atoms with van der Waals surface area (Å²) in [4.78, 5) is 0. The van der Waals surface area contributed by atoms with Gasteiger partial charge >= 0.3 is 0 Å². The summed E-state index contributed by atoms with van der Waals surface area (Å²) in [5, 5.41) is 4.29. The highest BCUT2D eigenvalue weighted by molar-refractivity contribution is 7.20. The molecule has 0 fully saturated rings. The molecule has 3 N–H and O–H groups in total. The van der Waals surface area contributed by atoms with Crippen LogP contribution in [0.4, 0.5) is 0 Å². The number of thiophene rings is 1. The van der Waals surface area contributed by atoms with E-state index < -0.39 is 0 Å². The molecule has 98 valence electrons. The molecule has 0 aromatic carbocycles. The maximum Gasteiger partial charge on any atom is 0.0996 e. The molecule has 0 aliphatic carbocycles. The van der Waals surface area contributed by atoms with Gasteiger partial charge in [-0.1, -0.05) is 30.1 Å². The molecule has 0 aliphatic heterocycles. The molecule has 0 aliphatic rings. The number of hydrogen-bond donors (Lipinski definition) is 2. The number of aromatic nitrogens is 2. The fourth-order valence-corrected chi connectivity index (χ4v) is 3.40. The minimum Gasteiger partial charge on any atom is -0.271 e. The number of nitrogens with zero attached hydrogens (tertiary/aromatic N) is 2.